The largest absolute Gasteiger partial charge is 0.355 e. The SMILES string of the molecule is CC(CCNC(=O)C(C#N)c1ccccc1)S(C)=O. The maximum Gasteiger partial charge on any atom is 0.241 e. The summed E-state index contributed by atoms with van der Waals surface area (Å²) in [4.78, 5) is 11.9. The fourth-order valence-electron chi connectivity index (χ4n) is 1.60. The van der Waals surface area contributed by atoms with Crippen molar-refractivity contribution in [2.24, 2.45) is 0 Å². The minimum absolute atomic E-state index is 0.0394. The second-order valence-corrected chi connectivity index (χ2v) is 6.16. The van der Waals surface area contributed by atoms with Gasteiger partial charge >= 0.3 is 0 Å². The van der Waals surface area contributed by atoms with Crippen molar-refractivity contribution in [1.82, 2.24) is 5.32 Å². The molecule has 4 nitrogen and oxygen atoms in total. The van der Waals surface area contributed by atoms with Gasteiger partial charge in [-0.1, -0.05) is 37.3 Å². The number of carbonyl (C=O) groups is 1. The zero-order valence-electron chi connectivity index (χ0n) is 11.1. The zero-order valence-corrected chi connectivity index (χ0v) is 11.9. The molecule has 0 fully saturated rings. The highest BCUT2D eigenvalue weighted by Gasteiger charge is 2.19. The Labute approximate surface area is 116 Å². The first-order chi connectivity index (χ1) is 9.06. The monoisotopic (exact) mass is 278 g/mol. The highest BCUT2D eigenvalue weighted by molar-refractivity contribution is 7.84. The van der Waals surface area contributed by atoms with Crippen LogP contribution >= 0.6 is 0 Å². The van der Waals surface area contributed by atoms with Gasteiger partial charge in [0.15, 0.2) is 0 Å². The number of carbonyl (C=O) groups excluding carboxylic acids is 1. The smallest absolute Gasteiger partial charge is 0.241 e. The molecule has 1 rings (SSSR count). The molecule has 1 N–H and O–H groups in total. The molecule has 3 unspecified atom stereocenters. The molecule has 19 heavy (non-hydrogen) atoms. The summed E-state index contributed by atoms with van der Waals surface area (Å²) < 4.78 is 11.2. The number of hydrogen-bond acceptors (Lipinski definition) is 3. The van der Waals surface area contributed by atoms with Crippen LogP contribution in [0, 0.1) is 11.3 Å². The van der Waals surface area contributed by atoms with Gasteiger partial charge in [-0.2, -0.15) is 5.26 Å². The third-order valence-corrected chi connectivity index (χ3v) is 4.31. The lowest BCUT2D eigenvalue weighted by Crippen LogP contribution is -2.31. The summed E-state index contributed by atoms with van der Waals surface area (Å²) >= 11 is 0. The van der Waals surface area contributed by atoms with Crippen molar-refractivity contribution in [3.05, 3.63) is 35.9 Å². The third-order valence-electron chi connectivity index (χ3n) is 2.94. The Kier molecular flexibility index (Phi) is 6.23. The molecule has 0 bridgehead atoms. The van der Waals surface area contributed by atoms with Crippen LogP contribution in [-0.4, -0.2) is 28.2 Å². The Balaban J connectivity index is 2.53. The van der Waals surface area contributed by atoms with E-state index < -0.39 is 16.7 Å². The molecular weight excluding hydrogens is 260 g/mol. The van der Waals surface area contributed by atoms with Crippen molar-refractivity contribution in [3.63, 3.8) is 0 Å². The van der Waals surface area contributed by atoms with Gasteiger partial charge in [-0.3, -0.25) is 9.00 Å². The first kappa shape index (κ1) is 15.4. The van der Waals surface area contributed by atoms with Crippen molar-refractivity contribution < 1.29 is 9.00 Å². The van der Waals surface area contributed by atoms with E-state index in [9.17, 15) is 9.00 Å². The van der Waals surface area contributed by atoms with Gasteiger partial charge in [0.2, 0.25) is 5.91 Å². The minimum atomic E-state index is -0.890. The Bertz CT molecular complexity index is 482. The van der Waals surface area contributed by atoms with Crippen LogP contribution < -0.4 is 5.32 Å². The number of nitriles is 1. The summed E-state index contributed by atoms with van der Waals surface area (Å²) in [6, 6.07) is 11.0. The molecule has 1 amide bonds. The second kappa shape index (κ2) is 7.70. The normalized spacial score (nSPS) is 15.0. The van der Waals surface area contributed by atoms with Crippen LogP contribution in [0.2, 0.25) is 0 Å². The maximum absolute atomic E-state index is 11.9. The second-order valence-electron chi connectivity index (χ2n) is 4.36. The highest BCUT2D eigenvalue weighted by atomic mass is 32.2. The van der Waals surface area contributed by atoms with Gasteiger partial charge in [-0.25, -0.2) is 0 Å². The van der Waals surface area contributed by atoms with E-state index in [-0.39, 0.29) is 11.2 Å². The Morgan fingerprint density at radius 2 is 2.05 bits per heavy atom. The Hall–Kier alpha value is -1.67. The predicted octanol–water partition coefficient (Wildman–Crippen LogP) is 1.57. The van der Waals surface area contributed by atoms with Crippen LogP contribution in [0.4, 0.5) is 0 Å². The van der Waals surface area contributed by atoms with E-state index in [1.807, 2.05) is 19.1 Å². The van der Waals surface area contributed by atoms with Gasteiger partial charge in [0.25, 0.3) is 0 Å². The summed E-state index contributed by atoms with van der Waals surface area (Å²) in [5.74, 6) is -1.09. The van der Waals surface area contributed by atoms with E-state index in [1.165, 1.54) is 0 Å². The van der Waals surface area contributed by atoms with E-state index in [0.717, 1.165) is 0 Å². The van der Waals surface area contributed by atoms with E-state index in [2.05, 4.69) is 5.32 Å². The lowest BCUT2D eigenvalue weighted by atomic mass is 10.00. The highest BCUT2D eigenvalue weighted by Crippen LogP contribution is 2.14. The molecule has 0 aromatic heterocycles. The molecule has 0 radical (unpaired) electrons. The molecule has 0 aliphatic carbocycles. The maximum atomic E-state index is 11.9. The molecular formula is C14H18N2O2S. The lowest BCUT2D eigenvalue weighted by Gasteiger charge is -2.12. The number of rotatable bonds is 6. The molecule has 1 aromatic rings. The van der Waals surface area contributed by atoms with E-state index in [1.54, 1.807) is 30.5 Å². The van der Waals surface area contributed by atoms with Crippen molar-refractivity contribution in [2.75, 3.05) is 12.8 Å². The number of benzene rings is 1. The summed E-state index contributed by atoms with van der Waals surface area (Å²) in [5.41, 5.74) is 0.689. The van der Waals surface area contributed by atoms with Gasteiger partial charge in [0.05, 0.1) is 6.07 Å². The van der Waals surface area contributed by atoms with Gasteiger partial charge < -0.3 is 5.32 Å². The molecule has 0 aliphatic rings. The average Bonchev–Trinajstić information content (AvgIpc) is 2.40. The van der Waals surface area contributed by atoms with Gasteiger partial charge in [0, 0.05) is 28.9 Å². The van der Waals surface area contributed by atoms with Crippen molar-refractivity contribution in [2.45, 2.75) is 24.5 Å². The minimum Gasteiger partial charge on any atom is -0.355 e. The van der Waals surface area contributed by atoms with Crippen LogP contribution in [-0.2, 0) is 15.6 Å². The van der Waals surface area contributed by atoms with Crippen molar-refractivity contribution in [1.29, 1.82) is 5.26 Å². The van der Waals surface area contributed by atoms with Crippen molar-refractivity contribution in [3.8, 4) is 6.07 Å². The topological polar surface area (TPSA) is 70.0 Å². The molecule has 0 saturated heterocycles. The van der Waals surface area contributed by atoms with E-state index >= 15 is 0 Å². The molecule has 0 heterocycles. The fourth-order valence-corrected chi connectivity index (χ4v) is 2.05. The Morgan fingerprint density at radius 1 is 1.42 bits per heavy atom. The van der Waals surface area contributed by atoms with Gasteiger partial charge in [0.1, 0.15) is 5.92 Å². The van der Waals surface area contributed by atoms with Crippen LogP contribution in [0.1, 0.15) is 24.8 Å². The van der Waals surface area contributed by atoms with Crippen molar-refractivity contribution >= 4 is 16.7 Å². The number of nitrogens with one attached hydrogen (secondary N) is 1. The standard InChI is InChI=1S/C14H18N2O2S/c1-11(19(2)18)8-9-16-14(17)13(10-15)12-6-4-3-5-7-12/h3-7,11,13H,8-9H2,1-2H3,(H,16,17). The quantitative estimate of drug-likeness (QED) is 0.858. The van der Waals surface area contributed by atoms with Gasteiger partial charge in [-0.15, -0.1) is 0 Å². The summed E-state index contributed by atoms with van der Waals surface area (Å²) in [5, 5.41) is 11.8. The number of hydrogen-bond donors (Lipinski definition) is 1. The summed E-state index contributed by atoms with van der Waals surface area (Å²) in [6.45, 7) is 2.31. The summed E-state index contributed by atoms with van der Waals surface area (Å²) in [6.07, 6.45) is 2.29. The van der Waals surface area contributed by atoms with Crippen LogP contribution in [0.5, 0.6) is 0 Å². The van der Waals surface area contributed by atoms with Gasteiger partial charge in [-0.05, 0) is 12.0 Å². The molecule has 0 aliphatic heterocycles. The van der Waals surface area contributed by atoms with Crippen LogP contribution in [0.15, 0.2) is 30.3 Å². The molecule has 0 spiro atoms. The van der Waals surface area contributed by atoms with E-state index in [4.69, 9.17) is 5.26 Å². The molecule has 1 aromatic carbocycles. The number of amides is 1. The fraction of sp³-hybridized carbons (Fsp3) is 0.429. The first-order valence-corrected chi connectivity index (χ1v) is 7.73. The third kappa shape index (κ3) is 4.84. The average molecular weight is 278 g/mol. The van der Waals surface area contributed by atoms with E-state index in [0.29, 0.717) is 18.5 Å². The molecule has 5 heteroatoms. The summed E-state index contributed by atoms with van der Waals surface area (Å²) in [7, 11) is -0.890. The molecule has 3 atom stereocenters. The van der Waals surface area contributed by atoms with Crippen LogP contribution in [0.25, 0.3) is 0 Å². The van der Waals surface area contributed by atoms with Crippen LogP contribution in [0.3, 0.4) is 0 Å². The molecule has 0 saturated carbocycles. The lowest BCUT2D eigenvalue weighted by molar-refractivity contribution is -0.121. The Morgan fingerprint density at radius 3 is 2.58 bits per heavy atom. The molecule has 102 valence electrons. The predicted molar refractivity (Wildman–Crippen MR) is 76.0 cm³/mol. The number of nitrogens with zero attached hydrogens (tertiary/aromatic N) is 1. The first-order valence-electron chi connectivity index (χ1n) is 6.10. The zero-order chi connectivity index (χ0) is 14.3.